The number of sulfonamides is 1. The Labute approximate surface area is 128 Å². The number of hydrogen-bond acceptors (Lipinski definition) is 3. The summed E-state index contributed by atoms with van der Waals surface area (Å²) in [6.45, 7) is 4.79. The maximum absolute atomic E-state index is 14.0. The quantitative estimate of drug-likeness (QED) is 0.795. The Kier molecular flexibility index (Phi) is 5.00. The van der Waals surface area contributed by atoms with Crippen LogP contribution in [0.5, 0.6) is 0 Å². The maximum atomic E-state index is 14.0. The molecule has 1 heterocycles. The molecule has 1 aliphatic rings. The zero-order chi connectivity index (χ0) is 14.9. The number of rotatable bonds is 3. The minimum absolute atomic E-state index is 0.158. The monoisotopic (exact) mass is 337 g/mol. The molecular formula is C13H17ClFNO2S2. The minimum atomic E-state index is -3.78. The standard InChI is InChI=1S/C13H17ClFNO2S2/c1-9-7-16(8-10(2)19-9)20(17,18)13-4-3-11(6-14)5-12(13)15/h3-5,9-10H,6-8H2,1-2H3. The summed E-state index contributed by atoms with van der Waals surface area (Å²) in [6, 6.07) is 4.04. The van der Waals surface area contributed by atoms with Crippen LogP contribution in [-0.4, -0.2) is 36.3 Å². The fourth-order valence-electron chi connectivity index (χ4n) is 2.30. The number of hydrogen-bond donors (Lipinski definition) is 0. The third-order valence-corrected chi connectivity index (χ3v) is 6.56. The summed E-state index contributed by atoms with van der Waals surface area (Å²) in [6.07, 6.45) is 0. The van der Waals surface area contributed by atoms with Crippen molar-refractivity contribution in [1.82, 2.24) is 4.31 Å². The van der Waals surface area contributed by atoms with Crippen LogP contribution in [0.15, 0.2) is 23.1 Å². The van der Waals surface area contributed by atoms with Gasteiger partial charge in [-0.15, -0.1) is 11.6 Å². The molecule has 0 bridgehead atoms. The summed E-state index contributed by atoms with van der Waals surface area (Å²) in [5.74, 6) is -0.576. The van der Waals surface area contributed by atoms with E-state index in [2.05, 4.69) is 0 Å². The van der Waals surface area contributed by atoms with Crippen molar-refractivity contribution >= 4 is 33.4 Å². The Morgan fingerprint density at radius 1 is 1.35 bits per heavy atom. The molecule has 2 unspecified atom stereocenters. The van der Waals surface area contributed by atoms with Gasteiger partial charge in [0.2, 0.25) is 10.0 Å². The first-order valence-corrected chi connectivity index (χ1v) is 9.26. The van der Waals surface area contributed by atoms with Crippen LogP contribution in [0.25, 0.3) is 0 Å². The number of alkyl halides is 1. The molecule has 7 heteroatoms. The second kappa shape index (κ2) is 6.22. The summed E-state index contributed by atoms with van der Waals surface area (Å²) in [5.41, 5.74) is 0.569. The van der Waals surface area contributed by atoms with Crippen LogP contribution < -0.4 is 0 Å². The average molecular weight is 338 g/mol. The van der Waals surface area contributed by atoms with Gasteiger partial charge in [-0.05, 0) is 17.7 Å². The van der Waals surface area contributed by atoms with Gasteiger partial charge < -0.3 is 0 Å². The molecule has 0 amide bonds. The van der Waals surface area contributed by atoms with Gasteiger partial charge in [0.1, 0.15) is 10.7 Å². The first-order valence-electron chi connectivity index (χ1n) is 6.34. The number of benzene rings is 1. The summed E-state index contributed by atoms with van der Waals surface area (Å²) in [5, 5.41) is 0.414. The summed E-state index contributed by atoms with van der Waals surface area (Å²) in [4.78, 5) is -0.266. The average Bonchev–Trinajstić information content (AvgIpc) is 2.37. The second-order valence-electron chi connectivity index (χ2n) is 4.98. The Morgan fingerprint density at radius 3 is 2.45 bits per heavy atom. The molecule has 0 saturated carbocycles. The molecule has 0 radical (unpaired) electrons. The third-order valence-electron chi connectivity index (χ3n) is 3.15. The van der Waals surface area contributed by atoms with E-state index in [9.17, 15) is 12.8 Å². The highest BCUT2D eigenvalue weighted by molar-refractivity contribution is 8.00. The van der Waals surface area contributed by atoms with Crippen molar-refractivity contribution in [2.75, 3.05) is 13.1 Å². The smallest absolute Gasteiger partial charge is 0.207 e. The molecule has 1 aromatic carbocycles. The predicted octanol–water partition coefficient (Wildman–Crippen LogP) is 3.08. The van der Waals surface area contributed by atoms with Gasteiger partial charge in [0.25, 0.3) is 0 Å². The second-order valence-corrected chi connectivity index (χ2v) is 9.03. The fraction of sp³-hybridized carbons (Fsp3) is 0.538. The first kappa shape index (κ1) is 16.1. The van der Waals surface area contributed by atoms with Crippen molar-refractivity contribution in [3.05, 3.63) is 29.6 Å². The van der Waals surface area contributed by atoms with Gasteiger partial charge in [0.05, 0.1) is 0 Å². The van der Waals surface area contributed by atoms with Gasteiger partial charge in [-0.2, -0.15) is 16.1 Å². The van der Waals surface area contributed by atoms with E-state index < -0.39 is 15.8 Å². The molecule has 2 rings (SSSR count). The van der Waals surface area contributed by atoms with Crippen molar-refractivity contribution < 1.29 is 12.8 Å². The lowest BCUT2D eigenvalue weighted by atomic mass is 10.2. The van der Waals surface area contributed by atoms with E-state index in [-0.39, 0.29) is 21.3 Å². The Morgan fingerprint density at radius 2 is 1.95 bits per heavy atom. The number of thioether (sulfide) groups is 1. The van der Waals surface area contributed by atoms with Gasteiger partial charge in [0.15, 0.2) is 0 Å². The summed E-state index contributed by atoms with van der Waals surface area (Å²) in [7, 11) is -3.78. The molecule has 1 fully saturated rings. The van der Waals surface area contributed by atoms with Crippen molar-refractivity contribution in [3.8, 4) is 0 Å². The normalized spacial score (nSPS) is 24.8. The molecule has 3 nitrogen and oxygen atoms in total. The first-order chi connectivity index (χ1) is 9.34. The van der Waals surface area contributed by atoms with Crippen LogP contribution in [0.3, 0.4) is 0 Å². The molecule has 0 spiro atoms. The van der Waals surface area contributed by atoms with E-state index >= 15 is 0 Å². The Hall–Kier alpha value is -0.300. The molecule has 1 saturated heterocycles. The zero-order valence-corrected chi connectivity index (χ0v) is 13.7. The van der Waals surface area contributed by atoms with Gasteiger partial charge in [-0.1, -0.05) is 19.9 Å². The van der Waals surface area contributed by atoms with Gasteiger partial charge in [-0.3, -0.25) is 0 Å². The number of nitrogens with zero attached hydrogens (tertiary/aromatic N) is 1. The van der Waals surface area contributed by atoms with Gasteiger partial charge >= 0.3 is 0 Å². The molecule has 1 aliphatic heterocycles. The Balaban J connectivity index is 2.35. The van der Waals surface area contributed by atoms with Crippen LogP contribution in [0.4, 0.5) is 4.39 Å². The number of halogens is 2. The van der Waals surface area contributed by atoms with E-state index in [1.165, 1.54) is 16.4 Å². The highest BCUT2D eigenvalue weighted by Crippen LogP contribution is 2.30. The van der Waals surface area contributed by atoms with Crippen LogP contribution in [0.1, 0.15) is 19.4 Å². The van der Waals surface area contributed by atoms with Crippen molar-refractivity contribution in [2.45, 2.75) is 35.1 Å². The third kappa shape index (κ3) is 3.30. The molecule has 0 aliphatic carbocycles. The van der Waals surface area contributed by atoms with Crippen molar-refractivity contribution in [2.24, 2.45) is 0 Å². The lowest BCUT2D eigenvalue weighted by Crippen LogP contribution is -2.44. The zero-order valence-electron chi connectivity index (χ0n) is 11.3. The van der Waals surface area contributed by atoms with Crippen LogP contribution in [-0.2, 0) is 15.9 Å². The van der Waals surface area contributed by atoms with Crippen LogP contribution in [0.2, 0.25) is 0 Å². The van der Waals surface area contributed by atoms with Gasteiger partial charge in [0, 0.05) is 29.5 Å². The Bertz CT molecular complexity index is 584. The molecule has 20 heavy (non-hydrogen) atoms. The lowest BCUT2D eigenvalue weighted by Gasteiger charge is -2.33. The lowest BCUT2D eigenvalue weighted by molar-refractivity contribution is 0.401. The molecule has 112 valence electrons. The predicted molar refractivity (Wildman–Crippen MR) is 81.2 cm³/mol. The van der Waals surface area contributed by atoms with Crippen LogP contribution in [0, 0.1) is 5.82 Å². The fourth-order valence-corrected chi connectivity index (χ4v) is 5.65. The SMILES string of the molecule is CC1CN(S(=O)(=O)c2ccc(CCl)cc2F)CC(C)S1. The topological polar surface area (TPSA) is 37.4 Å². The molecular weight excluding hydrogens is 321 g/mol. The molecule has 0 N–H and O–H groups in total. The molecule has 1 aromatic rings. The van der Waals surface area contributed by atoms with E-state index in [1.807, 2.05) is 13.8 Å². The van der Waals surface area contributed by atoms with Crippen molar-refractivity contribution in [3.63, 3.8) is 0 Å². The molecule has 2 atom stereocenters. The van der Waals surface area contributed by atoms with E-state index in [0.29, 0.717) is 18.7 Å². The summed E-state index contributed by atoms with van der Waals surface area (Å²) < 4.78 is 40.5. The van der Waals surface area contributed by atoms with Crippen LogP contribution >= 0.6 is 23.4 Å². The van der Waals surface area contributed by atoms with E-state index in [1.54, 1.807) is 17.8 Å². The van der Waals surface area contributed by atoms with Crippen molar-refractivity contribution in [1.29, 1.82) is 0 Å². The highest BCUT2D eigenvalue weighted by Gasteiger charge is 2.33. The van der Waals surface area contributed by atoms with Gasteiger partial charge in [-0.25, -0.2) is 12.8 Å². The maximum Gasteiger partial charge on any atom is 0.246 e. The summed E-state index contributed by atoms with van der Waals surface area (Å²) >= 11 is 7.37. The van der Waals surface area contributed by atoms with E-state index in [0.717, 1.165) is 0 Å². The molecule has 0 aromatic heterocycles. The largest absolute Gasteiger partial charge is 0.246 e. The highest BCUT2D eigenvalue weighted by atomic mass is 35.5. The minimum Gasteiger partial charge on any atom is -0.207 e. The van der Waals surface area contributed by atoms with E-state index in [4.69, 9.17) is 11.6 Å².